The van der Waals surface area contributed by atoms with Gasteiger partial charge in [-0.3, -0.25) is 9.36 Å². The molecule has 1 atom stereocenters. The summed E-state index contributed by atoms with van der Waals surface area (Å²) in [6.45, 7) is 3.99. The third-order valence-corrected chi connectivity index (χ3v) is 7.33. The smallest absolute Gasteiger partial charge is 0.338 e. The summed E-state index contributed by atoms with van der Waals surface area (Å²) in [4.78, 5) is 43.7. The highest BCUT2D eigenvalue weighted by molar-refractivity contribution is 7.07. The standard InChI is InChI=1S/C30H26N2O6S/c1-4-22-25(29(35)36-3)26(19-9-7-6-8-10-19)32-27(33)24(39-30(32)31-22)17-21-15-16-23(38-21)18-11-13-20(14-12-18)28(34)37-5-2/h6-17,26H,4-5H2,1-3H3/b24-17-/t26-/m1/s1. The van der Waals surface area contributed by atoms with Crippen molar-refractivity contribution in [1.82, 2.24) is 4.57 Å². The third kappa shape index (κ3) is 5.00. The fraction of sp³-hybridized carbons (Fsp3) is 0.200. The van der Waals surface area contributed by atoms with Gasteiger partial charge < -0.3 is 13.9 Å². The van der Waals surface area contributed by atoms with Gasteiger partial charge in [-0.1, -0.05) is 60.7 Å². The molecule has 1 aliphatic heterocycles. The molecule has 0 spiro atoms. The summed E-state index contributed by atoms with van der Waals surface area (Å²) >= 11 is 1.24. The lowest BCUT2D eigenvalue weighted by molar-refractivity contribution is -0.136. The number of ether oxygens (including phenoxy) is 2. The van der Waals surface area contributed by atoms with E-state index in [1.54, 1.807) is 54.0 Å². The quantitative estimate of drug-likeness (QED) is 0.324. The minimum absolute atomic E-state index is 0.277. The fourth-order valence-electron chi connectivity index (χ4n) is 4.51. The van der Waals surface area contributed by atoms with Crippen LogP contribution in [-0.2, 0) is 14.3 Å². The molecule has 0 radical (unpaired) electrons. The Morgan fingerprint density at radius 2 is 1.77 bits per heavy atom. The van der Waals surface area contributed by atoms with Crippen LogP contribution in [0.25, 0.3) is 17.4 Å². The number of furan rings is 1. The molecular formula is C30H26N2O6S. The van der Waals surface area contributed by atoms with E-state index in [-0.39, 0.29) is 11.5 Å². The first-order valence-electron chi connectivity index (χ1n) is 12.5. The summed E-state index contributed by atoms with van der Waals surface area (Å²) in [5.41, 5.74) is 2.70. The van der Waals surface area contributed by atoms with Crippen LogP contribution in [0.4, 0.5) is 0 Å². The van der Waals surface area contributed by atoms with Crippen molar-refractivity contribution in [1.29, 1.82) is 0 Å². The lowest BCUT2D eigenvalue weighted by atomic mass is 9.95. The van der Waals surface area contributed by atoms with Gasteiger partial charge in [0.2, 0.25) is 0 Å². The predicted octanol–water partition coefficient (Wildman–Crippen LogP) is 4.24. The maximum absolute atomic E-state index is 13.7. The van der Waals surface area contributed by atoms with Crippen LogP contribution in [0.5, 0.6) is 0 Å². The van der Waals surface area contributed by atoms with E-state index < -0.39 is 12.0 Å². The number of nitrogens with zero attached hydrogens (tertiary/aromatic N) is 2. The molecule has 9 heteroatoms. The van der Waals surface area contributed by atoms with Gasteiger partial charge in [-0.2, -0.15) is 0 Å². The zero-order valence-electron chi connectivity index (χ0n) is 21.7. The van der Waals surface area contributed by atoms with Crippen molar-refractivity contribution in [3.63, 3.8) is 0 Å². The minimum Gasteiger partial charge on any atom is -0.466 e. The number of allylic oxidation sites excluding steroid dienone is 1. The van der Waals surface area contributed by atoms with Crippen LogP contribution < -0.4 is 14.9 Å². The molecule has 0 saturated carbocycles. The topological polar surface area (TPSA) is 100 Å². The van der Waals surface area contributed by atoms with Crippen LogP contribution in [0.1, 0.15) is 48.0 Å². The monoisotopic (exact) mass is 542 g/mol. The minimum atomic E-state index is -0.655. The Morgan fingerprint density at radius 3 is 2.44 bits per heavy atom. The number of aromatic nitrogens is 1. The Morgan fingerprint density at radius 1 is 1.03 bits per heavy atom. The van der Waals surface area contributed by atoms with Gasteiger partial charge in [0.15, 0.2) is 4.80 Å². The van der Waals surface area contributed by atoms with Crippen molar-refractivity contribution in [3.05, 3.63) is 115 Å². The van der Waals surface area contributed by atoms with Gasteiger partial charge in [-0.15, -0.1) is 0 Å². The van der Waals surface area contributed by atoms with E-state index >= 15 is 0 Å². The molecule has 39 heavy (non-hydrogen) atoms. The number of thiazole rings is 1. The Hall–Kier alpha value is -4.50. The Labute approximate surface area is 228 Å². The molecule has 0 fully saturated rings. The van der Waals surface area contributed by atoms with Crippen molar-refractivity contribution < 1.29 is 23.5 Å². The number of carbonyl (C=O) groups excluding carboxylic acids is 2. The van der Waals surface area contributed by atoms with Crippen LogP contribution >= 0.6 is 11.3 Å². The lowest BCUT2D eigenvalue weighted by Crippen LogP contribution is -2.40. The molecular weight excluding hydrogens is 516 g/mol. The second-order valence-corrected chi connectivity index (χ2v) is 9.71. The molecule has 198 valence electrons. The van der Waals surface area contributed by atoms with Gasteiger partial charge in [0, 0.05) is 11.6 Å². The predicted molar refractivity (Wildman–Crippen MR) is 147 cm³/mol. The molecule has 2 aromatic heterocycles. The van der Waals surface area contributed by atoms with Crippen molar-refractivity contribution in [2.45, 2.75) is 26.3 Å². The average Bonchev–Trinajstić information content (AvgIpc) is 3.56. The third-order valence-electron chi connectivity index (χ3n) is 6.35. The van der Waals surface area contributed by atoms with E-state index in [1.165, 1.54) is 18.4 Å². The van der Waals surface area contributed by atoms with E-state index in [1.807, 2.05) is 37.3 Å². The zero-order valence-corrected chi connectivity index (χ0v) is 22.5. The maximum Gasteiger partial charge on any atom is 0.338 e. The fourth-order valence-corrected chi connectivity index (χ4v) is 5.51. The van der Waals surface area contributed by atoms with E-state index in [4.69, 9.17) is 13.9 Å². The largest absolute Gasteiger partial charge is 0.466 e. The van der Waals surface area contributed by atoms with Gasteiger partial charge in [0.05, 0.1) is 41.1 Å². The number of carbonyl (C=O) groups is 2. The van der Waals surface area contributed by atoms with Crippen molar-refractivity contribution in [2.24, 2.45) is 4.99 Å². The number of methoxy groups -OCH3 is 1. The van der Waals surface area contributed by atoms with E-state index in [0.717, 1.165) is 11.1 Å². The molecule has 0 amide bonds. The Balaban J connectivity index is 1.56. The van der Waals surface area contributed by atoms with Gasteiger partial charge in [0.1, 0.15) is 11.5 Å². The van der Waals surface area contributed by atoms with E-state index in [2.05, 4.69) is 4.99 Å². The summed E-state index contributed by atoms with van der Waals surface area (Å²) in [6.07, 6.45) is 2.19. The summed E-state index contributed by atoms with van der Waals surface area (Å²) in [7, 11) is 1.33. The number of hydrogen-bond acceptors (Lipinski definition) is 8. The first kappa shape index (κ1) is 26.1. The highest BCUT2D eigenvalue weighted by Gasteiger charge is 2.33. The highest BCUT2D eigenvalue weighted by Crippen LogP contribution is 2.31. The maximum atomic E-state index is 13.7. The van der Waals surface area contributed by atoms with Gasteiger partial charge in [0.25, 0.3) is 5.56 Å². The van der Waals surface area contributed by atoms with E-state index in [9.17, 15) is 14.4 Å². The molecule has 0 aliphatic carbocycles. The molecule has 0 bridgehead atoms. The average molecular weight is 543 g/mol. The summed E-state index contributed by atoms with van der Waals surface area (Å²) < 4.78 is 18.1. The second kappa shape index (κ2) is 11.1. The van der Waals surface area contributed by atoms with Gasteiger partial charge in [-0.25, -0.2) is 14.6 Å². The number of esters is 2. The molecule has 3 heterocycles. The highest BCUT2D eigenvalue weighted by atomic mass is 32.1. The van der Waals surface area contributed by atoms with E-state index in [0.29, 0.717) is 50.7 Å². The Kier molecular flexibility index (Phi) is 7.42. The molecule has 5 rings (SSSR count). The number of rotatable bonds is 7. The summed E-state index contributed by atoms with van der Waals surface area (Å²) in [5.74, 6) is 0.190. The van der Waals surface area contributed by atoms with Gasteiger partial charge in [-0.05, 0) is 43.2 Å². The summed E-state index contributed by atoms with van der Waals surface area (Å²) in [6, 6.07) is 19.2. The number of benzene rings is 2. The van der Waals surface area contributed by atoms with Gasteiger partial charge >= 0.3 is 11.9 Å². The molecule has 4 aromatic rings. The molecule has 2 aromatic carbocycles. The van der Waals surface area contributed by atoms with Crippen molar-refractivity contribution >= 4 is 29.4 Å². The SMILES string of the molecule is CCOC(=O)c1ccc(-c2ccc(/C=c3\sc4n(c3=O)[C@H](c3ccccc3)C(C(=O)OC)=C(CC)N=4)o2)cc1. The molecule has 0 N–H and O–H groups in total. The van der Waals surface area contributed by atoms with Crippen LogP contribution in [-0.4, -0.2) is 30.2 Å². The number of fused-ring (bicyclic) bond motifs is 1. The first-order chi connectivity index (χ1) is 18.9. The summed E-state index contributed by atoms with van der Waals surface area (Å²) in [5, 5.41) is 0. The first-order valence-corrected chi connectivity index (χ1v) is 13.3. The van der Waals surface area contributed by atoms with Crippen LogP contribution in [0.3, 0.4) is 0 Å². The molecule has 0 saturated heterocycles. The van der Waals surface area contributed by atoms with Crippen molar-refractivity contribution in [2.75, 3.05) is 13.7 Å². The van der Waals surface area contributed by atoms with Crippen LogP contribution in [0, 0.1) is 0 Å². The molecule has 8 nitrogen and oxygen atoms in total. The lowest BCUT2D eigenvalue weighted by Gasteiger charge is -2.25. The Bertz CT molecular complexity index is 1740. The zero-order chi connectivity index (χ0) is 27.5. The molecule has 1 aliphatic rings. The normalized spacial score (nSPS) is 15.1. The number of hydrogen-bond donors (Lipinski definition) is 0. The van der Waals surface area contributed by atoms with Crippen LogP contribution in [0.2, 0.25) is 0 Å². The van der Waals surface area contributed by atoms with Crippen LogP contribution in [0.15, 0.2) is 92.2 Å². The molecule has 0 unspecified atom stereocenters. The van der Waals surface area contributed by atoms with Crippen molar-refractivity contribution in [3.8, 4) is 11.3 Å². The second-order valence-electron chi connectivity index (χ2n) is 8.70.